The van der Waals surface area contributed by atoms with Crippen LogP contribution < -0.4 is 5.32 Å². The molecule has 0 spiro atoms. The lowest BCUT2D eigenvalue weighted by Crippen LogP contribution is -2.34. The maximum Gasteiger partial charge on any atom is 0.305 e. The Bertz CT molecular complexity index is 664. The van der Waals surface area contributed by atoms with Crippen molar-refractivity contribution in [3.8, 4) is 0 Å². The van der Waals surface area contributed by atoms with Gasteiger partial charge in [-0.25, -0.2) is 4.98 Å². The Morgan fingerprint density at radius 1 is 1.32 bits per heavy atom. The molecular weight excluding hydrogens is 300 g/mol. The lowest BCUT2D eigenvalue weighted by atomic mass is 10.1. The topological polar surface area (TPSA) is 79.3 Å². The molecule has 0 bridgehead atoms. The molecule has 6 heteroatoms. The molecule has 0 aliphatic carbocycles. The van der Waals surface area contributed by atoms with Gasteiger partial charge in [0.2, 0.25) is 0 Å². The number of carbonyl (C=O) groups is 2. The molecule has 0 fully saturated rings. The van der Waals surface area contributed by atoms with Crippen LogP contribution in [-0.4, -0.2) is 28.0 Å². The zero-order chi connectivity index (χ0) is 16.1. The number of amides is 1. The Balaban J connectivity index is 1.97. The smallest absolute Gasteiger partial charge is 0.305 e. The number of nitrogens with zero attached hydrogens (tertiary/aromatic N) is 1. The minimum atomic E-state index is -0.939. The standard InChI is InChI=1S/C16H18N2O3S/c1-10-3-5-12(6-4-10)8-14-18-13(9-22-14)16(21)17-11(2)7-15(19)20/h3-6,9,11H,7-8H2,1-2H3,(H,17,21)(H,19,20). The summed E-state index contributed by atoms with van der Waals surface area (Å²) in [6.45, 7) is 3.69. The van der Waals surface area contributed by atoms with Crippen LogP contribution in [0, 0.1) is 6.92 Å². The summed E-state index contributed by atoms with van der Waals surface area (Å²) in [5, 5.41) is 13.9. The normalized spacial score (nSPS) is 11.9. The van der Waals surface area contributed by atoms with Gasteiger partial charge in [0.15, 0.2) is 0 Å². The second-order valence-electron chi connectivity index (χ2n) is 5.26. The molecule has 116 valence electrons. The maximum absolute atomic E-state index is 12.0. The van der Waals surface area contributed by atoms with Crippen LogP contribution in [0.5, 0.6) is 0 Å². The average molecular weight is 318 g/mol. The van der Waals surface area contributed by atoms with Crippen molar-refractivity contribution in [1.29, 1.82) is 0 Å². The van der Waals surface area contributed by atoms with E-state index in [1.54, 1.807) is 12.3 Å². The van der Waals surface area contributed by atoms with Crippen LogP contribution in [0.2, 0.25) is 0 Å². The maximum atomic E-state index is 12.0. The van der Waals surface area contributed by atoms with Crippen LogP contribution in [-0.2, 0) is 11.2 Å². The Morgan fingerprint density at radius 2 is 2.00 bits per heavy atom. The zero-order valence-corrected chi connectivity index (χ0v) is 13.3. The number of aliphatic carboxylic acids is 1. The van der Waals surface area contributed by atoms with Crippen molar-refractivity contribution >= 4 is 23.2 Å². The molecule has 2 aromatic rings. The number of aryl methyl sites for hydroxylation is 1. The summed E-state index contributed by atoms with van der Waals surface area (Å²) in [7, 11) is 0. The summed E-state index contributed by atoms with van der Waals surface area (Å²) in [4.78, 5) is 26.9. The summed E-state index contributed by atoms with van der Waals surface area (Å²) < 4.78 is 0. The first-order valence-electron chi connectivity index (χ1n) is 6.96. The van der Waals surface area contributed by atoms with Crippen molar-refractivity contribution in [1.82, 2.24) is 10.3 Å². The highest BCUT2D eigenvalue weighted by Gasteiger charge is 2.15. The van der Waals surface area contributed by atoms with E-state index in [1.807, 2.05) is 31.2 Å². The van der Waals surface area contributed by atoms with Crippen LogP contribution >= 0.6 is 11.3 Å². The fourth-order valence-corrected chi connectivity index (χ4v) is 2.80. The van der Waals surface area contributed by atoms with E-state index in [2.05, 4.69) is 10.3 Å². The molecule has 0 aliphatic rings. The van der Waals surface area contributed by atoms with Crippen molar-refractivity contribution in [3.63, 3.8) is 0 Å². The van der Waals surface area contributed by atoms with Crippen LogP contribution in [0.15, 0.2) is 29.6 Å². The third kappa shape index (κ3) is 4.66. The molecule has 1 unspecified atom stereocenters. The van der Waals surface area contributed by atoms with Crippen molar-refractivity contribution in [2.75, 3.05) is 0 Å². The summed E-state index contributed by atoms with van der Waals surface area (Å²) in [5.41, 5.74) is 2.69. The number of aromatic nitrogens is 1. The fraction of sp³-hybridized carbons (Fsp3) is 0.312. The van der Waals surface area contributed by atoms with E-state index in [4.69, 9.17) is 5.11 Å². The molecule has 0 saturated heterocycles. The number of thiazole rings is 1. The molecule has 2 rings (SSSR count). The molecule has 22 heavy (non-hydrogen) atoms. The van der Waals surface area contributed by atoms with Gasteiger partial charge in [-0.15, -0.1) is 11.3 Å². The van der Waals surface area contributed by atoms with Gasteiger partial charge in [-0.3, -0.25) is 9.59 Å². The number of nitrogens with one attached hydrogen (secondary N) is 1. The van der Waals surface area contributed by atoms with E-state index in [0.717, 1.165) is 10.6 Å². The molecule has 0 aliphatic heterocycles. The molecule has 1 aromatic carbocycles. The second-order valence-corrected chi connectivity index (χ2v) is 6.20. The first-order valence-corrected chi connectivity index (χ1v) is 7.84. The van der Waals surface area contributed by atoms with Crippen molar-refractivity contribution in [3.05, 3.63) is 51.5 Å². The van der Waals surface area contributed by atoms with Crippen molar-refractivity contribution < 1.29 is 14.7 Å². The van der Waals surface area contributed by atoms with E-state index in [9.17, 15) is 9.59 Å². The summed E-state index contributed by atoms with van der Waals surface area (Å²) in [6, 6.07) is 7.76. The van der Waals surface area contributed by atoms with Gasteiger partial charge >= 0.3 is 5.97 Å². The molecule has 0 radical (unpaired) electrons. The van der Waals surface area contributed by atoms with Gasteiger partial charge in [-0.05, 0) is 19.4 Å². The highest BCUT2D eigenvalue weighted by molar-refractivity contribution is 7.09. The first-order chi connectivity index (χ1) is 10.4. The van der Waals surface area contributed by atoms with Crippen LogP contribution in [0.25, 0.3) is 0 Å². The number of hydrogen-bond acceptors (Lipinski definition) is 4. The van der Waals surface area contributed by atoms with Gasteiger partial charge in [0, 0.05) is 17.8 Å². The Morgan fingerprint density at radius 3 is 2.64 bits per heavy atom. The van der Waals surface area contributed by atoms with Gasteiger partial charge in [-0.2, -0.15) is 0 Å². The summed E-state index contributed by atoms with van der Waals surface area (Å²) in [5.74, 6) is -1.27. The van der Waals surface area contributed by atoms with E-state index in [1.165, 1.54) is 16.9 Å². The molecule has 5 nitrogen and oxygen atoms in total. The predicted octanol–water partition coefficient (Wildman–Crippen LogP) is 2.64. The van der Waals surface area contributed by atoms with Gasteiger partial charge in [-0.1, -0.05) is 29.8 Å². The number of benzene rings is 1. The molecule has 1 atom stereocenters. The number of carboxylic acid groups (broad SMARTS) is 1. The number of hydrogen-bond donors (Lipinski definition) is 2. The van der Waals surface area contributed by atoms with Gasteiger partial charge in [0.25, 0.3) is 5.91 Å². The summed E-state index contributed by atoms with van der Waals surface area (Å²) >= 11 is 1.43. The third-order valence-corrected chi connectivity index (χ3v) is 3.97. The minimum absolute atomic E-state index is 0.105. The number of carboxylic acids is 1. The molecule has 1 aromatic heterocycles. The molecule has 2 N–H and O–H groups in total. The highest BCUT2D eigenvalue weighted by Crippen LogP contribution is 2.15. The predicted molar refractivity (Wildman–Crippen MR) is 85.3 cm³/mol. The number of carbonyl (C=O) groups excluding carboxylic acids is 1. The zero-order valence-electron chi connectivity index (χ0n) is 12.5. The molecular formula is C16H18N2O3S. The van der Waals surface area contributed by atoms with Crippen molar-refractivity contribution in [2.24, 2.45) is 0 Å². The van der Waals surface area contributed by atoms with E-state index < -0.39 is 12.0 Å². The monoisotopic (exact) mass is 318 g/mol. The average Bonchev–Trinajstić information content (AvgIpc) is 2.89. The largest absolute Gasteiger partial charge is 0.481 e. The van der Waals surface area contributed by atoms with Gasteiger partial charge in [0.05, 0.1) is 11.4 Å². The Labute approximate surface area is 133 Å². The minimum Gasteiger partial charge on any atom is -0.481 e. The fourth-order valence-electron chi connectivity index (χ4n) is 1.99. The summed E-state index contributed by atoms with van der Waals surface area (Å²) in [6.07, 6.45) is 0.578. The number of rotatable bonds is 6. The van der Waals surface area contributed by atoms with Gasteiger partial charge < -0.3 is 10.4 Å². The van der Waals surface area contributed by atoms with Gasteiger partial charge in [0.1, 0.15) is 5.69 Å². The highest BCUT2D eigenvalue weighted by atomic mass is 32.1. The lowest BCUT2D eigenvalue weighted by Gasteiger charge is -2.09. The SMILES string of the molecule is Cc1ccc(Cc2nc(C(=O)NC(C)CC(=O)O)cs2)cc1. The Hall–Kier alpha value is -2.21. The molecule has 1 amide bonds. The van der Waals surface area contributed by atoms with Crippen LogP contribution in [0.1, 0.15) is 40.0 Å². The quantitative estimate of drug-likeness (QED) is 0.858. The van der Waals surface area contributed by atoms with E-state index >= 15 is 0 Å². The van der Waals surface area contributed by atoms with E-state index in [-0.39, 0.29) is 12.3 Å². The molecule has 0 saturated carbocycles. The van der Waals surface area contributed by atoms with Crippen molar-refractivity contribution in [2.45, 2.75) is 32.7 Å². The van der Waals surface area contributed by atoms with Crippen LogP contribution in [0.4, 0.5) is 0 Å². The first kappa shape index (κ1) is 16.2. The molecule has 1 heterocycles. The Kier molecular flexibility index (Phi) is 5.27. The lowest BCUT2D eigenvalue weighted by molar-refractivity contribution is -0.137. The van der Waals surface area contributed by atoms with Crippen LogP contribution in [0.3, 0.4) is 0 Å². The third-order valence-electron chi connectivity index (χ3n) is 3.12. The van der Waals surface area contributed by atoms with E-state index in [0.29, 0.717) is 12.1 Å². The second kappa shape index (κ2) is 7.17.